The molecule has 0 radical (unpaired) electrons. The highest BCUT2D eigenvalue weighted by atomic mass is 19.4. The van der Waals surface area contributed by atoms with Gasteiger partial charge in [0.15, 0.2) is 0 Å². The molecule has 0 aromatic heterocycles. The van der Waals surface area contributed by atoms with E-state index in [2.05, 4.69) is 5.32 Å². The van der Waals surface area contributed by atoms with Crippen LogP contribution in [0.3, 0.4) is 0 Å². The Labute approximate surface area is 206 Å². The molecule has 10 heteroatoms. The molecule has 2 fully saturated rings. The maximum absolute atomic E-state index is 13.8. The average molecular weight is 510 g/mol. The molecule has 2 saturated heterocycles. The number of nitrogens with zero attached hydrogens (tertiary/aromatic N) is 2. The summed E-state index contributed by atoms with van der Waals surface area (Å²) in [6, 6.07) is 8.64. The number of amides is 3. The molecular formula is C26H28F5N3O2. The van der Waals surface area contributed by atoms with Crippen LogP contribution < -0.4 is 5.32 Å². The summed E-state index contributed by atoms with van der Waals surface area (Å²) in [6.45, 7) is 3.90. The molecule has 2 aromatic carbocycles. The standard InChI is InChI=1S/C26H28F5N3O2/c1-15-6-4-5-7-20(15)25(21-8-9-22(35)33(21)10-11-34(25)24(36)32-3)16(2)17-12-18(23(27)28)14-19(13-17)26(29,30)31/h4-7,12-14,16,21,23H,8-11H2,1-3H3,(H,32,36)/t16-,21?,25?/m1/s1. The van der Waals surface area contributed by atoms with E-state index in [1.807, 2.05) is 13.0 Å². The van der Waals surface area contributed by atoms with Crippen molar-refractivity contribution in [2.75, 3.05) is 20.1 Å². The van der Waals surface area contributed by atoms with E-state index < -0.39 is 47.3 Å². The Kier molecular flexibility index (Phi) is 6.74. The summed E-state index contributed by atoms with van der Waals surface area (Å²) in [5.41, 5.74) is -1.74. The largest absolute Gasteiger partial charge is 0.416 e. The van der Waals surface area contributed by atoms with Gasteiger partial charge in [0.25, 0.3) is 6.43 Å². The van der Waals surface area contributed by atoms with Crippen LogP contribution in [0.4, 0.5) is 26.7 Å². The lowest BCUT2D eigenvalue weighted by Crippen LogP contribution is -2.69. The summed E-state index contributed by atoms with van der Waals surface area (Å²) in [4.78, 5) is 29.3. The fourth-order valence-electron chi connectivity index (χ4n) is 6.02. The van der Waals surface area contributed by atoms with Crippen LogP contribution in [0.15, 0.2) is 42.5 Å². The Morgan fingerprint density at radius 1 is 1.11 bits per heavy atom. The normalized spacial score (nSPS) is 23.1. The second-order valence-corrected chi connectivity index (χ2v) is 9.40. The molecule has 2 aliphatic heterocycles. The fraction of sp³-hybridized carbons (Fsp3) is 0.462. The van der Waals surface area contributed by atoms with Crippen LogP contribution in [0.1, 0.15) is 59.9 Å². The van der Waals surface area contributed by atoms with Crippen LogP contribution in [0.25, 0.3) is 0 Å². The lowest BCUT2D eigenvalue weighted by Gasteiger charge is -2.57. The number of carbonyl (C=O) groups excluding carboxylic acids is 2. The maximum atomic E-state index is 13.8. The molecule has 0 spiro atoms. The number of hydrogen-bond acceptors (Lipinski definition) is 2. The quantitative estimate of drug-likeness (QED) is 0.546. The predicted octanol–water partition coefficient (Wildman–Crippen LogP) is 5.60. The summed E-state index contributed by atoms with van der Waals surface area (Å²) in [7, 11) is 1.46. The molecule has 36 heavy (non-hydrogen) atoms. The number of hydrogen-bond donors (Lipinski definition) is 1. The van der Waals surface area contributed by atoms with Gasteiger partial charge in [0.2, 0.25) is 5.91 Å². The number of nitrogens with one attached hydrogen (secondary N) is 1. The van der Waals surface area contributed by atoms with E-state index in [4.69, 9.17) is 0 Å². The Morgan fingerprint density at radius 3 is 2.39 bits per heavy atom. The van der Waals surface area contributed by atoms with Crippen molar-refractivity contribution in [3.05, 3.63) is 70.3 Å². The Bertz CT molecular complexity index is 1170. The highest BCUT2D eigenvalue weighted by Gasteiger charge is 2.59. The van der Waals surface area contributed by atoms with Crippen LogP contribution in [0, 0.1) is 6.92 Å². The van der Waals surface area contributed by atoms with E-state index in [0.717, 1.165) is 17.7 Å². The summed E-state index contributed by atoms with van der Waals surface area (Å²) in [5, 5.41) is 2.62. The molecular weight excluding hydrogens is 481 g/mol. The molecule has 5 nitrogen and oxygen atoms in total. The number of halogens is 5. The van der Waals surface area contributed by atoms with Crippen LogP contribution >= 0.6 is 0 Å². The van der Waals surface area contributed by atoms with Crippen LogP contribution in [0.5, 0.6) is 0 Å². The van der Waals surface area contributed by atoms with Gasteiger partial charge in [-0.3, -0.25) is 4.79 Å². The molecule has 0 saturated carbocycles. The van der Waals surface area contributed by atoms with Crippen molar-refractivity contribution in [3.63, 3.8) is 0 Å². The SMILES string of the molecule is CNC(=O)N1CCN2C(=O)CCC2C1(c1ccccc1C)[C@H](C)c1cc(C(F)F)cc(C(F)(F)F)c1. The summed E-state index contributed by atoms with van der Waals surface area (Å²) >= 11 is 0. The molecule has 1 N–H and O–H groups in total. The lowest BCUT2D eigenvalue weighted by atomic mass is 9.66. The van der Waals surface area contributed by atoms with Crippen LogP contribution in [-0.2, 0) is 16.5 Å². The summed E-state index contributed by atoms with van der Waals surface area (Å²) in [6.07, 6.45) is -7.33. The minimum atomic E-state index is -4.84. The number of rotatable bonds is 4. The highest BCUT2D eigenvalue weighted by Crippen LogP contribution is 2.53. The Morgan fingerprint density at radius 2 is 1.78 bits per heavy atom. The van der Waals surface area contributed by atoms with E-state index >= 15 is 0 Å². The Balaban J connectivity index is 2.04. The topological polar surface area (TPSA) is 52.7 Å². The van der Waals surface area contributed by atoms with Gasteiger partial charge < -0.3 is 15.1 Å². The van der Waals surface area contributed by atoms with Gasteiger partial charge in [-0.05, 0) is 48.2 Å². The third-order valence-corrected chi connectivity index (χ3v) is 7.60. The van der Waals surface area contributed by atoms with Crippen molar-refractivity contribution in [2.45, 2.75) is 56.8 Å². The van der Waals surface area contributed by atoms with Crippen molar-refractivity contribution in [1.29, 1.82) is 0 Å². The van der Waals surface area contributed by atoms with E-state index in [0.29, 0.717) is 18.1 Å². The molecule has 0 aliphatic carbocycles. The van der Waals surface area contributed by atoms with Gasteiger partial charge in [0, 0.05) is 38.0 Å². The molecule has 194 valence electrons. The van der Waals surface area contributed by atoms with Crippen LogP contribution in [0.2, 0.25) is 0 Å². The van der Waals surface area contributed by atoms with Crippen LogP contribution in [-0.4, -0.2) is 47.9 Å². The molecule has 3 amide bonds. The van der Waals surface area contributed by atoms with E-state index in [1.54, 1.807) is 34.9 Å². The molecule has 2 aliphatic rings. The van der Waals surface area contributed by atoms with Crippen molar-refractivity contribution in [2.24, 2.45) is 0 Å². The summed E-state index contributed by atoms with van der Waals surface area (Å²) < 4.78 is 68.7. The van der Waals surface area contributed by atoms with Gasteiger partial charge in [-0.2, -0.15) is 13.2 Å². The number of alkyl halides is 5. The van der Waals surface area contributed by atoms with Gasteiger partial charge in [0.1, 0.15) is 0 Å². The molecule has 3 atom stereocenters. The number of aryl methyl sites for hydroxylation is 1. The van der Waals surface area contributed by atoms with Crippen molar-refractivity contribution < 1.29 is 31.5 Å². The van der Waals surface area contributed by atoms with E-state index in [1.165, 1.54) is 7.05 Å². The van der Waals surface area contributed by atoms with E-state index in [9.17, 15) is 31.5 Å². The zero-order valence-corrected chi connectivity index (χ0v) is 20.2. The second-order valence-electron chi connectivity index (χ2n) is 9.40. The minimum absolute atomic E-state index is 0.0264. The zero-order chi connectivity index (χ0) is 26.4. The fourth-order valence-corrected chi connectivity index (χ4v) is 6.02. The minimum Gasteiger partial charge on any atom is -0.341 e. The first kappa shape index (κ1) is 25.9. The van der Waals surface area contributed by atoms with Crippen molar-refractivity contribution >= 4 is 11.9 Å². The number of carbonyl (C=O) groups is 2. The molecule has 4 rings (SSSR count). The monoisotopic (exact) mass is 509 g/mol. The number of fused-ring (bicyclic) bond motifs is 1. The first-order valence-corrected chi connectivity index (χ1v) is 11.8. The highest BCUT2D eigenvalue weighted by molar-refractivity contribution is 5.81. The molecule has 0 bridgehead atoms. The van der Waals surface area contributed by atoms with Gasteiger partial charge in [-0.25, -0.2) is 13.6 Å². The average Bonchev–Trinajstić information content (AvgIpc) is 3.23. The number of urea groups is 1. The molecule has 2 unspecified atom stereocenters. The third kappa shape index (κ3) is 4.10. The lowest BCUT2D eigenvalue weighted by molar-refractivity contribution is -0.137. The number of piperazine rings is 1. The first-order chi connectivity index (χ1) is 16.9. The van der Waals surface area contributed by atoms with Crippen molar-refractivity contribution in [3.8, 4) is 0 Å². The van der Waals surface area contributed by atoms with Gasteiger partial charge in [-0.15, -0.1) is 0 Å². The van der Waals surface area contributed by atoms with Gasteiger partial charge in [-0.1, -0.05) is 31.2 Å². The van der Waals surface area contributed by atoms with E-state index in [-0.39, 0.29) is 31.0 Å². The Hall–Kier alpha value is -3.17. The van der Waals surface area contributed by atoms with Crippen molar-refractivity contribution in [1.82, 2.24) is 15.1 Å². The molecule has 2 aromatic rings. The second kappa shape index (κ2) is 9.37. The maximum Gasteiger partial charge on any atom is 0.416 e. The van der Waals surface area contributed by atoms with Gasteiger partial charge >= 0.3 is 12.2 Å². The zero-order valence-electron chi connectivity index (χ0n) is 20.2. The first-order valence-electron chi connectivity index (χ1n) is 11.8. The predicted molar refractivity (Wildman–Crippen MR) is 124 cm³/mol. The summed E-state index contributed by atoms with van der Waals surface area (Å²) in [5.74, 6) is -0.964. The third-order valence-electron chi connectivity index (χ3n) is 7.60. The van der Waals surface area contributed by atoms with Gasteiger partial charge in [0.05, 0.1) is 17.1 Å². The number of benzene rings is 2. The molecule has 2 heterocycles. The smallest absolute Gasteiger partial charge is 0.341 e.